The standard InChI is InChI=1S/C10H11F3N2O/c11-7-6-8(12)10(14-9(7)13)15-2-1-4-16-5-3-15/h6H,1-5H2. The largest absolute Gasteiger partial charge is 0.380 e. The van der Waals surface area contributed by atoms with Crippen molar-refractivity contribution in [3.8, 4) is 0 Å². The highest BCUT2D eigenvalue weighted by Crippen LogP contribution is 2.19. The molecule has 1 aliphatic rings. The molecule has 88 valence electrons. The van der Waals surface area contributed by atoms with Gasteiger partial charge in [0.15, 0.2) is 17.5 Å². The average molecular weight is 232 g/mol. The fraction of sp³-hybridized carbons (Fsp3) is 0.500. The van der Waals surface area contributed by atoms with Crippen LogP contribution in [0.4, 0.5) is 19.0 Å². The lowest BCUT2D eigenvalue weighted by Gasteiger charge is -2.20. The Balaban J connectivity index is 2.27. The normalized spacial score (nSPS) is 17.3. The third-order valence-electron chi connectivity index (χ3n) is 2.39. The van der Waals surface area contributed by atoms with Crippen molar-refractivity contribution in [2.75, 3.05) is 31.2 Å². The van der Waals surface area contributed by atoms with Crippen LogP contribution >= 0.6 is 0 Å². The first-order valence-corrected chi connectivity index (χ1v) is 5.02. The molecule has 2 heterocycles. The molecule has 2 rings (SSSR count). The molecule has 1 fully saturated rings. The van der Waals surface area contributed by atoms with E-state index < -0.39 is 17.6 Å². The fourth-order valence-corrected chi connectivity index (χ4v) is 1.61. The summed E-state index contributed by atoms with van der Waals surface area (Å²) in [6, 6.07) is 0.517. The number of rotatable bonds is 1. The van der Waals surface area contributed by atoms with Crippen LogP contribution in [0.25, 0.3) is 0 Å². The Morgan fingerprint density at radius 1 is 1.12 bits per heavy atom. The van der Waals surface area contributed by atoms with Gasteiger partial charge in [-0.1, -0.05) is 0 Å². The second kappa shape index (κ2) is 4.69. The van der Waals surface area contributed by atoms with Gasteiger partial charge in [0.1, 0.15) is 0 Å². The Hall–Kier alpha value is -1.30. The van der Waals surface area contributed by atoms with Crippen molar-refractivity contribution in [3.05, 3.63) is 23.6 Å². The minimum Gasteiger partial charge on any atom is -0.380 e. The molecule has 6 heteroatoms. The molecule has 0 N–H and O–H groups in total. The monoisotopic (exact) mass is 232 g/mol. The van der Waals surface area contributed by atoms with Gasteiger partial charge >= 0.3 is 0 Å². The van der Waals surface area contributed by atoms with Crippen molar-refractivity contribution in [2.45, 2.75) is 6.42 Å². The maximum atomic E-state index is 13.4. The van der Waals surface area contributed by atoms with Crippen molar-refractivity contribution < 1.29 is 17.9 Å². The van der Waals surface area contributed by atoms with Crippen molar-refractivity contribution in [2.24, 2.45) is 0 Å². The second-order valence-corrected chi connectivity index (χ2v) is 3.52. The lowest BCUT2D eigenvalue weighted by Crippen LogP contribution is -2.28. The topological polar surface area (TPSA) is 25.4 Å². The van der Waals surface area contributed by atoms with E-state index in [0.29, 0.717) is 38.8 Å². The second-order valence-electron chi connectivity index (χ2n) is 3.52. The van der Waals surface area contributed by atoms with Gasteiger partial charge in [0.25, 0.3) is 5.95 Å². The van der Waals surface area contributed by atoms with Crippen LogP contribution in [0.3, 0.4) is 0 Å². The van der Waals surface area contributed by atoms with Crippen LogP contribution in [-0.2, 0) is 4.74 Å². The number of pyridine rings is 1. The van der Waals surface area contributed by atoms with Gasteiger partial charge in [0.05, 0.1) is 6.61 Å². The van der Waals surface area contributed by atoms with Gasteiger partial charge in [-0.15, -0.1) is 0 Å². The Labute approximate surface area is 90.8 Å². The molecule has 1 aliphatic heterocycles. The Kier molecular flexibility index (Phi) is 3.28. The van der Waals surface area contributed by atoms with Crippen molar-refractivity contribution in [1.82, 2.24) is 4.98 Å². The summed E-state index contributed by atoms with van der Waals surface area (Å²) in [5.41, 5.74) is 0. The number of nitrogens with zero attached hydrogens (tertiary/aromatic N) is 2. The number of halogens is 3. The Morgan fingerprint density at radius 2 is 1.94 bits per heavy atom. The van der Waals surface area contributed by atoms with Gasteiger partial charge in [-0.3, -0.25) is 0 Å². The minimum absolute atomic E-state index is 0.149. The van der Waals surface area contributed by atoms with Crippen LogP contribution < -0.4 is 4.90 Å². The van der Waals surface area contributed by atoms with E-state index in [0.717, 1.165) is 0 Å². The molecule has 0 atom stereocenters. The van der Waals surface area contributed by atoms with Crippen LogP contribution in [-0.4, -0.2) is 31.3 Å². The third-order valence-corrected chi connectivity index (χ3v) is 2.39. The van der Waals surface area contributed by atoms with Gasteiger partial charge < -0.3 is 9.64 Å². The maximum Gasteiger partial charge on any atom is 0.251 e. The molecule has 0 saturated carbocycles. The summed E-state index contributed by atoms with van der Waals surface area (Å²) in [5.74, 6) is -3.54. The highest BCUT2D eigenvalue weighted by Gasteiger charge is 2.18. The molecule has 0 aromatic carbocycles. The van der Waals surface area contributed by atoms with Crippen LogP contribution in [0.15, 0.2) is 6.07 Å². The number of hydrogen-bond acceptors (Lipinski definition) is 3. The third kappa shape index (κ3) is 2.27. The molecular weight excluding hydrogens is 221 g/mol. The van der Waals surface area contributed by atoms with E-state index in [1.807, 2.05) is 0 Å². The minimum atomic E-state index is -1.28. The van der Waals surface area contributed by atoms with E-state index in [4.69, 9.17) is 4.74 Å². The smallest absolute Gasteiger partial charge is 0.251 e. The summed E-state index contributed by atoms with van der Waals surface area (Å²) in [7, 11) is 0. The predicted octanol–water partition coefficient (Wildman–Crippen LogP) is 1.73. The highest BCUT2D eigenvalue weighted by molar-refractivity contribution is 5.40. The maximum absolute atomic E-state index is 13.4. The van der Waals surface area contributed by atoms with Crippen molar-refractivity contribution in [3.63, 3.8) is 0 Å². The lowest BCUT2D eigenvalue weighted by atomic mass is 10.3. The zero-order chi connectivity index (χ0) is 11.5. The summed E-state index contributed by atoms with van der Waals surface area (Å²) in [6.07, 6.45) is 0.708. The summed E-state index contributed by atoms with van der Waals surface area (Å²) < 4.78 is 44.2. The van der Waals surface area contributed by atoms with E-state index in [2.05, 4.69) is 4.98 Å². The molecule has 0 amide bonds. The van der Waals surface area contributed by atoms with E-state index in [-0.39, 0.29) is 5.82 Å². The lowest BCUT2D eigenvalue weighted by molar-refractivity contribution is 0.152. The van der Waals surface area contributed by atoms with Gasteiger partial charge in [0, 0.05) is 25.8 Å². The summed E-state index contributed by atoms with van der Waals surface area (Å²) in [5, 5.41) is 0. The van der Waals surface area contributed by atoms with Crippen LogP contribution in [0.1, 0.15) is 6.42 Å². The van der Waals surface area contributed by atoms with Crippen molar-refractivity contribution >= 4 is 5.82 Å². The molecule has 0 unspecified atom stereocenters. The molecule has 1 saturated heterocycles. The van der Waals surface area contributed by atoms with Gasteiger partial charge in [-0.05, 0) is 6.42 Å². The van der Waals surface area contributed by atoms with Crippen LogP contribution in [0.2, 0.25) is 0 Å². The molecular formula is C10H11F3N2O. The number of ether oxygens (including phenoxy) is 1. The van der Waals surface area contributed by atoms with Crippen LogP contribution in [0, 0.1) is 17.6 Å². The Bertz CT molecular complexity index is 379. The highest BCUT2D eigenvalue weighted by atomic mass is 19.2. The SMILES string of the molecule is Fc1cc(F)c(N2CCCOCC2)nc1F. The molecule has 1 aromatic rings. The molecule has 0 bridgehead atoms. The summed E-state index contributed by atoms with van der Waals surface area (Å²) in [4.78, 5) is 4.85. The zero-order valence-corrected chi connectivity index (χ0v) is 8.55. The van der Waals surface area contributed by atoms with E-state index >= 15 is 0 Å². The van der Waals surface area contributed by atoms with Gasteiger partial charge in [0.2, 0.25) is 0 Å². The van der Waals surface area contributed by atoms with Crippen LogP contribution in [0.5, 0.6) is 0 Å². The quantitative estimate of drug-likeness (QED) is 0.689. The number of aromatic nitrogens is 1. The van der Waals surface area contributed by atoms with E-state index in [1.165, 1.54) is 0 Å². The number of anilines is 1. The first-order valence-electron chi connectivity index (χ1n) is 5.02. The predicted molar refractivity (Wildman–Crippen MR) is 51.8 cm³/mol. The first kappa shape index (κ1) is 11.2. The van der Waals surface area contributed by atoms with Gasteiger partial charge in [-0.2, -0.15) is 9.37 Å². The molecule has 0 aliphatic carbocycles. The van der Waals surface area contributed by atoms with Crippen molar-refractivity contribution in [1.29, 1.82) is 0 Å². The van der Waals surface area contributed by atoms with E-state index in [1.54, 1.807) is 4.90 Å². The molecule has 1 aromatic heterocycles. The Morgan fingerprint density at radius 3 is 2.75 bits per heavy atom. The summed E-state index contributed by atoms with van der Waals surface area (Å²) >= 11 is 0. The molecule has 16 heavy (non-hydrogen) atoms. The molecule has 3 nitrogen and oxygen atoms in total. The average Bonchev–Trinajstić information content (AvgIpc) is 2.52. The van der Waals surface area contributed by atoms with E-state index in [9.17, 15) is 13.2 Å². The fourth-order valence-electron chi connectivity index (χ4n) is 1.61. The zero-order valence-electron chi connectivity index (χ0n) is 8.55. The van der Waals surface area contributed by atoms with Gasteiger partial charge in [-0.25, -0.2) is 8.78 Å². The molecule has 0 spiro atoms. The summed E-state index contributed by atoms with van der Waals surface area (Å²) in [6.45, 7) is 1.96. The number of hydrogen-bond donors (Lipinski definition) is 0. The first-order chi connectivity index (χ1) is 7.68. The molecule has 0 radical (unpaired) electrons.